The van der Waals surface area contributed by atoms with E-state index < -0.39 is 0 Å². The van der Waals surface area contributed by atoms with Crippen molar-refractivity contribution in [2.24, 2.45) is 12.9 Å². The third kappa shape index (κ3) is 1.54. The molecule has 0 aromatic carbocycles. The van der Waals surface area contributed by atoms with Crippen molar-refractivity contribution in [3.8, 4) is 0 Å². The Balaban J connectivity index is 2.36. The Hall–Kier alpha value is -1.24. The van der Waals surface area contributed by atoms with E-state index in [2.05, 4.69) is 15.4 Å². The van der Waals surface area contributed by atoms with E-state index in [1.165, 1.54) is 0 Å². The Morgan fingerprint density at radius 3 is 3.00 bits per heavy atom. The third-order valence-corrected chi connectivity index (χ3v) is 2.67. The molecule has 0 aliphatic rings. The topological polar surface area (TPSA) is 68.8 Å². The fourth-order valence-corrected chi connectivity index (χ4v) is 1.91. The molecular formula is C8H11N5S. The van der Waals surface area contributed by atoms with E-state index in [0.717, 1.165) is 11.4 Å². The molecule has 0 radical (unpaired) electrons. The largest absolute Gasteiger partial charge is 0.336 e. The number of thiazole rings is 1. The number of nitrogens with zero attached hydrogens (tertiary/aromatic N) is 3. The molecule has 0 amide bonds. The first-order valence-electron chi connectivity index (χ1n) is 4.13. The molecule has 74 valence electrons. The number of nitrogens with one attached hydrogen (secondary N) is 1. The average Bonchev–Trinajstić information content (AvgIpc) is 2.80. The molecular weight excluding hydrogens is 198 g/mol. The van der Waals surface area contributed by atoms with E-state index in [4.69, 9.17) is 5.84 Å². The lowest BCUT2D eigenvalue weighted by Gasteiger charge is -2.13. The van der Waals surface area contributed by atoms with Gasteiger partial charge >= 0.3 is 0 Å². The maximum absolute atomic E-state index is 5.50. The van der Waals surface area contributed by atoms with Gasteiger partial charge in [-0.2, -0.15) is 0 Å². The first-order valence-corrected chi connectivity index (χ1v) is 5.07. The lowest BCUT2D eigenvalue weighted by molar-refractivity contribution is 0.586. The van der Waals surface area contributed by atoms with Crippen LogP contribution >= 0.6 is 11.3 Å². The molecule has 0 saturated carbocycles. The summed E-state index contributed by atoms with van der Waals surface area (Å²) in [5.74, 6) is 5.50. The van der Waals surface area contributed by atoms with Crippen LogP contribution in [0.5, 0.6) is 0 Å². The van der Waals surface area contributed by atoms with Gasteiger partial charge in [0.1, 0.15) is 6.04 Å². The van der Waals surface area contributed by atoms with Crippen LogP contribution in [0.1, 0.15) is 17.4 Å². The van der Waals surface area contributed by atoms with Gasteiger partial charge in [0.25, 0.3) is 0 Å². The average molecular weight is 209 g/mol. The van der Waals surface area contributed by atoms with Crippen molar-refractivity contribution in [3.63, 3.8) is 0 Å². The minimum atomic E-state index is -0.0891. The minimum Gasteiger partial charge on any atom is -0.336 e. The van der Waals surface area contributed by atoms with Crippen LogP contribution < -0.4 is 11.3 Å². The van der Waals surface area contributed by atoms with Gasteiger partial charge < -0.3 is 4.57 Å². The van der Waals surface area contributed by atoms with Gasteiger partial charge in [0.2, 0.25) is 0 Å². The highest BCUT2D eigenvalue weighted by Crippen LogP contribution is 2.19. The maximum atomic E-state index is 5.50. The molecule has 2 rings (SSSR count). The smallest absolute Gasteiger partial charge is 0.106 e. The predicted octanol–water partition coefficient (Wildman–Crippen LogP) is 0.429. The zero-order valence-electron chi connectivity index (χ0n) is 7.71. The maximum Gasteiger partial charge on any atom is 0.106 e. The Kier molecular flexibility index (Phi) is 2.58. The Labute approximate surface area is 85.6 Å². The fourth-order valence-electron chi connectivity index (χ4n) is 1.33. The summed E-state index contributed by atoms with van der Waals surface area (Å²) in [6.07, 6.45) is 3.52. The van der Waals surface area contributed by atoms with Crippen molar-refractivity contribution in [3.05, 3.63) is 34.8 Å². The van der Waals surface area contributed by atoms with Gasteiger partial charge in [-0.15, -0.1) is 11.3 Å². The lowest BCUT2D eigenvalue weighted by atomic mass is 10.2. The number of hydrogen-bond acceptors (Lipinski definition) is 5. The van der Waals surface area contributed by atoms with Crippen LogP contribution in [-0.4, -0.2) is 14.5 Å². The summed E-state index contributed by atoms with van der Waals surface area (Å²) < 4.78 is 1.92. The summed E-state index contributed by atoms with van der Waals surface area (Å²) in [6.45, 7) is 0. The molecule has 1 unspecified atom stereocenters. The highest BCUT2D eigenvalue weighted by atomic mass is 32.1. The van der Waals surface area contributed by atoms with E-state index in [9.17, 15) is 0 Å². The van der Waals surface area contributed by atoms with Crippen molar-refractivity contribution in [1.29, 1.82) is 0 Å². The highest BCUT2D eigenvalue weighted by Gasteiger charge is 2.16. The Bertz CT molecular complexity index is 394. The predicted molar refractivity (Wildman–Crippen MR) is 54.5 cm³/mol. The molecule has 3 N–H and O–H groups in total. The van der Waals surface area contributed by atoms with Crippen LogP contribution in [0.2, 0.25) is 0 Å². The van der Waals surface area contributed by atoms with Gasteiger partial charge in [-0.3, -0.25) is 5.84 Å². The first-order chi connectivity index (χ1) is 6.83. The van der Waals surface area contributed by atoms with Gasteiger partial charge in [-0.05, 0) is 0 Å². The SMILES string of the molecule is Cn1cncc1C(NN)c1cscn1. The zero-order valence-corrected chi connectivity index (χ0v) is 8.53. The number of rotatable bonds is 3. The molecule has 0 spiro atoms. The van der Waals surface area contributed by atoms with Crippen molar-refractivity contribution in [1.82, 2.24) is 20.0 Å². The van der Waals surface area contributed by atoms with Crippen LogP contribution in [0.15, 0.2) is 23.4 Å². The molecule has 2 heterocycles. The summed E-state index contributed by atoms with van der Waals surface area (Å²) in [7, 11) is 1.93. The van der Waals surface area contributed by atoms with Gasteiger partial charge in [0.05, 0.1) is 29.4 Å². The second-order valence-electron chi connectivity index (χ2n) is 2.94. The van der Waals surface area contributed by atoms with E-state index in [1.54, 1.807) is 29.4 Å². The van der Waals surface area contributed by atoms with Gasteiger partial charge in [0.15, 0.2) is 0 Å². The summed E-state index contributed by atoms with van der Waals surface area (Å²) in [4.78, 5) is 8.26. The second kappa shape index (κ2) is 3.87. The van der Waals surface area contributed by atoms with Gasteiger partial charge in [-0.1, -0.05) is 0 Å². The Morgan fingerprint density at radius 2 is 2.50 bits per heavy atom. The molecule has 0 aliphatic heterocycles. The molecule has 0 fully saturated rings. The van der Waals surface area contributed by atoms with Crippen molar-refractivity contribution >= 4 is 11.3 Å². The molecule has 0 bridgehead atoms. The van der Waals surface area contributed by atoms with E-state index in [1.807, 2.05) is 17.0 Å². The standard InChI is InChI=1S/C8H11N5S/c1-13-4-10-2-7(13)8(12-9)6-3-14-5-11-6/h2-5,8,12H,9H2,1H3. The summed E-state index contributed by atoms with van der Waals surface area (Å²) in [5.41, 5.74) is 6.43. The molecule has 1 atom stereocenters. The van der Waals surface area contributed by atoms with Crippen LogP contribution in [0, 0.1) is 0 Å². The molecule has 0 saturated heterocycles. The van der Waals surface area contributed by atoms with Crippen LogP contribution in [0.4, 0.5) is 0 Å². The monoisotopic (exact) mass is 209 g/mol. The number of nitrogens with two attached hydrogens (primary N) is 1. The molecule has 2 aromatic heterocycles. The van der Waals surface area contributed by atoms with E-state index >= 15 is 0 Å². The van der Waals surface area contributed by atoms with E-state index in [0.29, 0.717) is 0 Å². The quantitative estimate of drug-likeness (QED) is 0.568. The number of hydrogen-bond donors (Lipinski definition) is 2. The van der Waals surface area contributed by atoms with Crippen molar-refractivity contribution in [2.75, 3.05) is 0 Å². The highest BCUT2D eigenvalue weighted by molar-refractivity contribution is 7.07. The number of hydrazine groups is 1. The number of aromatic nitrogens is 3. The first kappa shape index (κ1) is 9.32. The van der Waals surface area contributed by atoms with E-state index in [-0.39, 0.29) is 6.04 Å². The fraction of sp³-hybridized carbons (Fsp3) is 0.250. The van der Waals surface area contributed by atoms with Crippen LogP contribution in [-0.2, 0) is 7.05 Å². The normalized spacial score (nSPS) is 13.0. The van der Waals surface area contributed by atoms with Crippen molar-refractivity contribution in [2.45, 2.75) is 6.04 Å². The summed E-state index contributed by atoms with van der Waals surface area (Å²) in [5, 5.41) is 1.97. The molecule has 0 aliphatic carbocycles. The summed E-state index contributed by atoms with van der Waals surface area (Å²) in [6, 6.07) is -0.0891. The van der Waals surface area contributed by atoms with Gasteiger partial charge in [0, 0.05) is 12.4 Å². The lowest BCUT2D eigenvalue weighted by Crippen LogP contribution is -2.30. The molecule has 6 heteroatoms. The summed E-state index contributed by atoms with van der Waals surface area (Å²) >= 11 is 1.55. The second-order valence-corrected chi connectivity index (χ2v) is 3.66. The zero-order chi connectivity index (χ0) is 9.97. The molecule has 14 heavy (non-hydrogen) atoms. The third-order valence-electron chi connectivity index (χ3n) is 2.06. The molecule has 5 nitrogen and oxygen atoms in total. The number of aryl methyl sites for hydroxylation is 1. The van der Waals surface area contributed by atoms with Crippen LogP contribution in [0.25, 0.3) is 0 Å². The number of imidazole rings is 1. The molecule has 2 aromatic rings. The van der Waals surface area contributed by atoms with Crippen molar-refractivity contribution < 1.29 is 0 Å². The minimum absolute atomic E-state index is 0.0891. The Morgan fingerprint density at radius 1 is 1.64 bits per heavy atom. The van der Waals surface area contributed by atoms with Gasteiger partial charge in [-0.25, -0.2) is 15.4 Å². The van der Waals surface area contributed by atoms with Crippen LogP contribution in [0.3, 0.4) is 0 Å².